The molecule has 0 saturated carbocycles. The first-order chi connectivity index (χ1) is 6.45. The van der Waals surface area contributed by atoms with Gasteiger partial charge in [0.05, 0.1) is 5.92 Å². The van der Waals surface area contributed by atoms with Gasteiger partial charge in [-0.2, -0.15) is 13.2 Å². The zero-order valence-electron chi connectivity index (χ0n) is 7.18. The highest BCUT2D eigenvalue weighted by atomic mass is 35.5. The molecule has 0 heterocycles. The minimum atomic E-state index is -4.30. The molecular weight excluding hydrogens is 215 g/mol. The van der Waals surface area contributed by atoms with Gasteiger partial charge >= 0.3 is 6.18 Å². The van der Waals surface area contributed by atoms with E-state index >= 15 is 0 Å². The summed E-state index contributed by atoms with van der Waals surface area (Å²) in [6.07, 6.45) is -4.30. The van der Waals surface area contributed by atoms with Crippen molar-refractivity contribution in [3.8, 4) is 0 Å². The fraction of sp³-hybridized carbons (Fsp3) is 0.333. The van der Waals surface area contributed by atoms with Gasteiger partial charge in [-0.05, 0) is 17.7 Å². The predicted molar refractivity (Wildman–Crippen MR) is 49.3 cm³/mol. The topological polar surface area (TPSA) is 26.0 Å². The van der Waals surface area contributed by atoms with E-state index in [2.05, 4.69) is 0 Å². The molecule has 1 unspecified atom stereocenters. The first-order valence-corrected chi connectivity index (χ1v) is 4.35. The van der Waals surface area contributed by atoms with E-state index in [0.717, 1.165) is 0 Å². The lowest BCUT2D eigenvalue weighted by atomic mass is 9.99. The Bertz CT molecular complexity index is 294. The van der Waals surface area contributed by atoms with Crippen molar-refractivity contribution in [1.82, 2.24) is 0 Å². The van der Waals surface area contributed by atoms with Gasteiger partial charge in [0.15, 0.2) is 0 Å². The first-order valence-electron chi connectivity index (χ1n) is 3.97. The molecule has 0 aliphatic carbocycles. The van der Waals surface area contributed by atoms with Crippen LogP contribution < -0.4 is 5.73 Å². The quantitative estimate of drug-likeness (QED) is 0.820. The van der Waals surface area contributed by atoms with Gasteiger partial charge in [-0.3, -0.25) is 0 Å². The van der Waals surface area contributed by atoms with Crippen LogP contribution in [0.3, 0.4) is 0 Å². The maximum atomic E-state index is 12.4. The zero-order chi connectivity index (χ0) is 10.8. The van der Waals surface area contributed by atoms with E-state index < -0.39 is 18.6 Å². The van der Waals surface area contributed by atoms with Crippen LogP contribution in [0.2, 0.25) is 5.02 Å². The summed E-state index contributed by atoms with van der Waals surface area (Å²) < 4.78 is 37.2. The summed E-state index contributed by atoms with van der Waals surface area (Å²) in [6, 6.07) is 5.53. The third-order valence-corrected chi connectivity index (χ3v) is 2.16. The Hall–Kier alpha value is -0.740. The van der Waals surface area contributed by atoms with E-state index in [9.17, 15) is 13.2 Å². The number of rotatable bonds is 2. The molecule has 1 nitrogen and oxygen atoms in total. The Kier molecular flexibility index (Phi) is 3.39. The molecule has 14 heavy (non-hydrogen) atoms. The number of nitrogens with two attached hydrogens (primary N) is 1. The van der Waals surface area contributed by atoms with Gasteiger partial charge in [-0.1, -0.05) is 23.7 Å². The molecule has 5 heteroatoms. The van der Waals surface area contributed by atoms with Crippen LogP contribution in [-0.2, 0) is 0 Å². The van der Waals surface area contributed by atoms with Gasteiger partial charge < -0.3 is 5.73 Å². The molecule has 78 valence electrons. The number of benzene rings is 1. The number of halogens is 4. The largest absolute Gasteiger partial charge is 0.396 e. The minimum Gasteiger partial charge on any atom is -0.330 e. The highest BCUT2D eigenvalue weighted by Crippen LogP contribution is 2.34. The second-order valence-corrected chi connectivity index (χ2v) is 3.32. The Morgan fingerprint density at radius 3 is 2.07 bits per heavy atom. The van der Waals surface area contributed by atoms with Crippen LogP contribution in [0, 0.1) is 0 Å². The smallest absolute Gasteiger partial charge is 0.330 e. The third kappa shape index (κ3) is 2.62. The van der Waals surface area contributed by atoms with E-state index in [4.69, 9.17) is 17.3 Å². The maximum Gasteiger partial charge on any atom is 0.396 e. The Labute approximate surface area is 84.7 Å². The van der Waals surface area contributed by atoms with Crippen LogP contribution in [0.4, 0.5) is 13.2 Å². The molecule has 0 aliphatic rings. The van der Waals surface area contributed by atoms with Gasteiger partial charge in [0, 0.05) is 11.6 Å². The Balaban J connectivity index is 2.96. The van der Waals surface area contributed by atoms with E-state index in [1.54, 1.807) is 0 Å². The predicted octanol–water partition coefficient (Wildman–Crippen LogP) is 2.94. The van der Waals surface area contributed by atoms with Gasteiger partial charge in [-0.25, -0.2) is 0 Å². The third-order valence-electron chi connectivity index (χ3n) is 1.90. The summed E-state index contributed by atoms with van der Waals surface area (Å²) in [5, 5.41) is 0.409. The van der Waals surface area contributed by atoms with Crippen LogP contribution in [0.1, 0.15) is 11.5 Å². The molecule has 0 amide bonds. The van der Waals surface area contributed by atoms with Gasteiger partial charge in [0.25, 0.3) is 0 Å². The summed E-state index contributed by atoms with van der Waals surface area (Å²) in [6.45, 7) is -0.453. The molecule has 1 atom stereocenters. The van der Waals surface area contributed by atoms with Crippen LogP contribution in [-0.4, -0.2) is 12.7 Å². The van der Waals surface area contributed by atoms with Gasteiger partial charge in [-0.15, -0.1) is 0 Å². The van der Waals surface area contributed by atoms with Crippen molar-refractivity contribution >= 4 is 11.6 Å². The maximum absolute atomic E-state index is 12.4. The van der Waals surface area contributed by atoms with Crippen molar-refractivity contribution in [3.05, 3.63) is 34.9 Å². The van der Waals surface area contributed by atoms with Crippen molar-refractivity contribution < 1.29 is 13.2 Å². The van der Waals surface area contributed by atoms with E-state index in [-0.39, 0.29) is 5.56 Å². The van der Waals surface area contributed by atoms with Gasteiger partial charge in [0.2, 0.25) is 0 Å². The molecule has 0 bridgehead atoms. The molecule has 0 fully saturated rings. The summed E-state index contributed by atoms with van der Waals surface area (Å²) in [4.78, 5) is 0. The summed E-state index contributed by atoms with van der Waals surface area (Å²) in [5.41, 5.74) is 5.22. The first kappa shape index (κ1) is 11.3. The molecule has 0 spiro atoms. The van der Waals surface area contributed by atoms with E-state index in [1.807, 2.05) is 0 Å². The Morgan fingerprint density at radius 1 is 1.21 bits per heavy atom. The molecule has 0 aliphatic heterocycles. The molecule has 0 aromatic heterocycles. The van der Waals surface area contributed by atoms with Gasteiger partial charge in [0.1, 0.15) is 0 Å². The second-order valence-electron chi connectivity index (χ2n) is 2.88. The fourth-order valence-corrected chi connectivity index (χ4v) is 1.28. The van der Waals surface area contributed by atoms with Crippen LogP contribution in [0.15, 0.2) is 24.3 Å². The standard InChI is InChI=1S/C9H9ClF3N/c10-7-3-1-6(2-4-7)8(5-14)9(11,12)13/h1-4,8H,5,14H2. The average molecular weight is 224 g/mol. The number of hydrogen-bond acceptors (Lipinski definition) is 1. The zero-order valence-corrected chi connectivity index (χ0v) is 7.94. The molecule has 1 rings (SSSR count). The lowest BCUT2D eigenvalue weighted by Crippen LogP contribution is -2.27. The SMILES string of the molecule is NCC(c1ccc(Cl)cc1)C(F)(F)F. The molecule has 2 N–H and O–H groups in total. The normalized spacial score (nSPS) is 14.1. The van der Waals surface area contributed by atoms with Crippen LogP contribution >= 0.6 is 11.6 Å². The summed E-state index contributed by atoms with van der Waals surface area (Å²) >= 11 is 5.56. The highest BCUT2D eigenvalue weighted by molar-refractivity contribution is 6.30. The molecular formula is C9H9ClF3N. The van der Waals surface area contributed by atoms with E-state index in [0.29, 0.717) is 5.02 Å². The number of alkyl halides is 3. The summed E-state index contributed by atoms with van der Waals surface area (Å²) in [7, 11) is 0. The molecule has 0 radical (unpaired) electrons. The monoisotopic (exact) mass is 223 g/mol. The fourth-order valence-electron chi connectivity index (χ4n) is 1.15. The lowest BCUT2D eigenvalue weighted by Gasteiger charge is -2.18. The van der Waals surface area contributed by atoms with Crippen molar-refractivity contribution in [2.45, 2.75) is 12.1 Å². The Morgan fingerprint density at radius 2 is 1.71 bits per heavy atom. The highest BCUT2D eigenvalue weighted by Gasteiger charge is 2.39. The summed E-state index contributed by atoms with van der Waals surface area (Å²) in [5.74, 6) is -1.61. The van der Waals surface area contributed by atoms with Crippen molar-refractivity contribution in [1.29, 1.82) is 0 Å². The van der Waals surface area contributed by atoms with Crippen molar-refractivity contribution in [2.24, 2.45) is 5.73 Å². The van der Waals surface area contributed by atoms with Crippen molar-refractivity contribution in [3.63, 3.8) is 0 Å². The molecule has 1 aromatic carbocycles. The average Bonchev–Trinajstić information content (AvgIpc) is 2.07. The minimum absolute atomic E-state index is 0.143. The molecule has 1 aromatic rings. The van der Waals surface area contributed by atoms with E-state index in [1.165, 1.54) is 24.3 Å². The van der Waals surface area contributed by atoms with Crippen LogP contribution in [0.5, 0.6) is 0 Å². The van der Waals surface area contributed by atoms with Crippen LogP contribution in [0.25, 0.3) is 0 Å². The molecule has 0 saturated heterocycles. The van der Waals surface area contributed by atoms with Crippen molar-refractivity contribution in [2.75, 3.05) is 6.54 Å². The number of hydrogen-bond donors (Lipinski definition) is 1. The second kappa shape index (κ2) is 4.19. The lowest BCUT2D eigenvalue weighted by molar-refractivity contribution is -0.148.